The van der Waals surface area contributed by atoms with Crippen LogP contribution in [0.1, 0.15) is 6.92 Å². The van der Waals surface area contributed by atoms with E-state index in [4.69, 9.17) is 20.4 Å². The molecule has 0 aliphatic rings. The number of aliphatic hydroxyl groups is 4. The minimum absolute atomic E-state index is 0.802. The summed E-state index contributed by atoms with van der Waals surface area (Å²) in [6.45, 7) is 0.132. The second kappa shape index (κ2) is 5.03. The van der Waals surface area contributed by atoms with Gasteiger partial charge in [-0.15, -0.1) is 0 Å². The zero-order valence-corrected chi connectivity index (χ0v) is 7.04. The molecule has 0 bridgehead atoms. The Labute approximate surface area is 74.4 Å². The Morgan fingerprint density at radius 2 is 1.69 bits per heavy atom. The molecule has 0 spiro atoms. The minimum atomic E-state index is -1.99. The lowest BCUT2D eigenvalue weighted by Crippen LogP contribution is -2.45. The minimum Gasteiger partial charge on any atom is -0.394 e. The fourth-order valence-electron chi connectivity index (χ4n) is 0.682. The number of hydrogen-bond donors (Lipinski definition) is 4. The largest absolute Gasteiger partial charge is 0.394 e. The highest BCUT2D eigenvalue weighted by Gasteiger charge is 2.31. The summed E-state index contributed by atoms with van der Waals surface area (Å²) < 4.78 is 0. The molecule has 6 nitrogen and oxygen atoms in total. The van der Waals surface area contributed by atoms with Crippen molar-refractivity contribution < 1.29 is 30.0 Å². The van der Waals surface area contributed by atoms with Gasteiger partial charge < -0.3 is 20.4 Å². The first-order valence-corrected chi connectivity index (χ1v) is 3.61. The Morgan fingerprint density at radius 3 is 2.00 bits per heavy atom. The van der Waals surface area contributed by atoms with Crippen molar-refractivity contribution in [3.8, 4) is 0 Å². The molecule has 0 aromatic rings. The van der Waals surface area contributed by atoms with Crippen molar-refractivity contribution in [2.75, 3.05) is 6.61 Å². The smallest absolute Gasteiger partial charge is 0.229 e. The van der Waals surface area contributed by atoms with Gasteiger partial charge in [0.1, 0.15) is 18.3 Å². The average molecular weight is 192 g/mol. The van der Waals surface area contributed by atoms with Crippen molar-refractivity contribution in [2.24, 2.45) is 0 Å². The zero-order chi connectivity index (χ0) is 10.6. The van der Waals surface area contributed by atoms with Crippen molar-refractivity contribution in [2.45, 2.75) is 25.2 Å². The van der Waals surface area contributed by atoms with E-state index in [2.05, 4.69) is 0 Å². The monoisotopic (exact) mass is 192 g/mol. The Balaban J connectivity index is 4.33. The van der Waals surface area contributed by atoms with Crippen LogP contribution in [0.4, 0.5) is 0 Å². The summed E-state index contributed by atoms with van der Waals surface area (Å²) in [7, 11) is 0. The molecule has 3 unspecified atom stereocenters. The van der Waals surface area contributed by atoms with Crippen molar-refractivity contribution in [3.05, 3.63) is 0 Å². The molecule has 0 heterocycles. The first kappa shape index (κ1) is 12.2. The standard InChI is InChI=1S/C7H12O6/c1-3(9)5(11)7(13)6(12)4(10)2-8/h4,6-8,10,12-13H,2H2,1H3. The lowest BCUT2D eigenvalue weighted by atomic mass is 10.0. The second-order valence-electron chi connectivity index (χ2n) is 2.61. The predicted molar refractivity (Wildman–Crippen MR) is 40.8 cm³/mol. The highest BCUT2D eigenvalue weighted by Crippen LogP contribution is 2.01. The van der Waals surface area contributed by atoms with E-state index in [9.17, 15) is 9.59 Å². The van der Waals surface area contributed by atoms with Gasteiger partial charge in [0.2, 0.25) is 5.78 Å². The number of aliphatic hydroxyl groups excluding tert-OH is 4. The second-order valence-corrected chi connectivity index (χ2v) is 2.61. The Morgan fingerprint density at radius 1 is 1.23 bits per heavy atom. The molecule has 0 fully saturated rings. The molecule has 6 heteroatoms. The van der Waals surface area contributed by atoms with Gasteiger partial charge in [-0.05, 0) is 0 Å². The summed E-state index contributed by atoms with van der Waals surface area (Å²) in [5.74, 6) is -2.11. The van der Waals surface area contributed by atoms with Gasteiger partial charge in [-0.25, -0.2) is 0 Å². The third kappa shape index (κ3) is 3.19. The highest BCUT2D eigenvalue weighted by atomic mass is 16.4. The summed E-state index contributed by atoms with van der Waals surface area (Å²) in [4.78, 5) is 21.2. The third-order valence-corrected chi connectivity index (χ3v) is 1.52. The number of ketones is 2. The number of rotatable bonds is 5. The van der Waals surface area contributed by atoms with E-state index in [-0.39, 0.29) is 0 Å². The van der Waals surface area contributed by atoms with Crippen LogP contribution in [0.15, 0.2) is 0 Å². The highest BCUT2D eigenvalue weighted by molar-refractivity contribution is 6.38. The van der Waals surface area contributed by atoms with Crippen LogP contribution in [0, 0.1) is 0 Å². The van der Waals surface area contributed by atoms with E-state index < -0.39 is 36.5 Å². The summed E-state index contributed by atoms with van der Waals surface area (Å²) in [5.41, 5.74) is 0. The van der Waals surface area contributed by atoms with Crippen LogP contribution >= 0.6 is 0 Å². The van der Waals surface area contributed by atoms with E-state index in [0.29, 0.717) is 0 Å². The van der Waals surface area contributed by atoms with E-state index in [0.717, 1.165) is 6.92 Å². The quantitative estimate of drug-likeness (QED) is 0.350. The number of Topliss-reactive ketones (excluding diaryl/α,β-unsaturated/α-hetero) is 2. The molecule has 0 rings (SSSR count). The van der Waals surface area contributed by atoms with Gasteiger partial charge >= 0.3 is 0 Å². The number of hydrogen-bond acceptors (Lipinski definition) is 6. The van der Waals surface area contributed by atoms with Crippen molar-refractivity contribution in [1.82, 2.24) is 0 Å². The van der Waals surface area contributed by atoms with Crippen LogP contribution in [0.25, 0.3) is 0 Å². The topological polar surface area (TPSA) is 115 Å². The molecule has 3 atom stereocenters. The zero-order valence-electron chi connectivity index (χ0n) is 7.04. The maximum absolute atomic E-state index is 10.8. The Kier molecular flexibility index (Phi) is 4.71. The van der Waals surface area contributed by atoms with E-state index >= 15 is 0 Å². The van der Waals surface area contributed by atoms with Gasteiger partial charge in [0, 0.05) is 6.92 Å². The number of carbonyl (C=O) groups is 2. The predicted octanol–water partition coefficient (Wildman–Crippen LogP) is -2.78. The summed E-state index contributed by atoms with van der Waals surface area (Å²) >= 11 is 0. The summed E-state index contributed by atoms with van der Waals surface area (Å²) in [6.07, 6.45) is -5.47. The first-order valence-electron chi connectivity index (χ1n) is 3.61. The average Bonchev–Trinajstić information content (AvgIpc) is 2.12. The van der Waals surface area contributed by atoms with Gasteiger partial charge in [0.25, 0.3) is 0 Å². The molecule has 0 aromatic carbocycles. The molecule has 0 aliphatic carbocycles. The van der Waals surface area contributed by atoms with Crippen LogP contribution in [-0.4, -0.2) is 56.9 Å². The molecule has 0 saturated carbocycles. The molecule has 0 aromatic heterocycles. The molecular formula is C7H12O6. The Bertz CT molecular complexity index is 201. The molecule has 13 heavy (non-hydrogen) atoms. The van der Waals surface area contributed by atoms with Gasteiger partial charge in [-0.2, -0.15) is 0 Å². The van der Waals surface area contributed by atoms with Crippen LogP contribution in [0.2, 0.25) is 0 Å². The van der Waals surface area contributed by atoms with Crippen molar-refractivity contribution >= 4 is 11.6 Å². The number of carbonyl (C=O) groups excluding carboxylic acids is 2. The van der Waals surface area contributed by atoms with E-state index in [1.165, 1.54) is 0 Å². The fourth-order valence-corrected chi connectivity index (χ4v) is 0.682. The molecule has 0 saturated heterocycles. The van der Waals surface area contributed by atoms with Crippen LogP contribution in [-0.2, 0) is 9.59 Å². The third-order valence-electron chi connectivity index (χ3n) is 1.52. The van der Waals surface area contributed by atoms with Gasteiger partial charge in [-0.3, -0.25) is 9.59 Å². The van der Waals surface area contributed by atoms with Gasteiger partial charge in [-0.1, -0.05) is 0 Å². The molecule has 0 radical (unpaired) electrons. The molecule has 4 N–H and O–H groups in total. The van der Waals surface area contributed by atoms with Crippen molar-refractivity contribution in [3.63, 3.8) is 0 Å². The maximum atomic E-state index is 10.8. The molecular weight excluding hydrogens is 180 g/mol. The SMILES string of the molecule is CC(=O)C(=O)C(O)C(O)C(O)CO. The van der Waals surface area contributed by atoms with Crippen LogP contribution in [0.3, 0.4) is 0 Å². The molecule has 0 aliphatic heterocycles. The van der Waals surface area contributed by atoms with E-state index in [1.807, 2.05) is 0 Å². The van der Waals surface area contributed by atoms with Crippen LogP contribution in [0.5, 0.6) is 0 Å². The van der Waals surface area contributed by atoms with Crippen LogP contribution < -0.4 is 0 Å². The lowest BCUT2D eigenvalue weighted by molar-refractivity contribution is -0.149. The van der Waals surface area contributed by atoms with Crippen molar-refractivity contribution in [1.29, 1.82) is 0 Å². The maximum Gasteiger partial charge on any atom is 0.229 e. The van der Waals surface area contributed by atoms with Gasteiger partial charge in [0.05, 0.1) is 6.61 Å². The normalized spacial score (nSPS) is 17.6. The lowest BCUT2D eigenvalue weighted by Gasteiger charge is -2.19. The van der Waals surface area contributed by atoms with Gasteiger partial charge in [0.15, 0.2) is 5.78 Å². The molecule has 0 amide bonds. The van der Waals surface area contributed by atoms with E-state index in [1.54, 1.807) is 0 Å². The summed E-state index contributed by atoms with van der Waals surface area (Å²) in [6, 6.07) is 0. The first-order chi connectivity index (χ1) is 5.91. The fraction of sp³-hybridized carbons (Fsp3) is 0.714. The Hall–Kier alpha value is -0.820. The summed E-state index contributed by atoms with van der Waals surface area (Å²) in [5, 5.41) is 35.1. The molecule has 76 valence electrons.